The number of carbonyl (C=O) groups is 3. The van der Waals surface area contributed by atoms with Gasteiger partial charge in [0.05, 0.1) is 5.92 Å². The van der Waals surface area contributed by atoms with Crippen LogP contribution in [0.3, 0.4) is 0 Å². The lowest BCUT2D eigenvalue weighted by Crippen LogP contribution is -2.32. The number of carbonyl (C=O) groups excluding carboxylic acids is 3. The number of likely N-dealkylation sites (N-methyl/N-ethyl adjacent to an activating group) is 1. The highest BCUT2D eigenvalue weighted by Crippen LogP contribution is 2.33. The summed E-state index contributed by atoms with van der Waals surface area (Å²) in [5.41, 5.74) is 2.96. The quantitative estimate of drug-likeness (QED) is 0.608. The predicted octanol–water partition coefficient (Wildman–Crippen LogP) is 3.75. The van der Waals surface area contributed by atoms with Crippen LogP contribution in [0.4, 0.5) is 5.69 Å². The van der Waals surface area contributed by atoms with Crippen LogP contribution in [0.2, 0.25) is 0 Å². The minimum absolute atomic E-state index is 0.0924. The molecule has 0 aliphatic carbocycles. The van der Waals surface area contributed by atoms with Gasteiger partial charge in [0.1, 0.15) is 0 Å². The van der Waals surface area contributed by atoms with Crippen LogP contribution in [0.25, 0.3) is 0 Å². The number of amides is 2. The molecule has 1 saturated heterocycles. The van der Waals surface area contributed by atoms with Crippen LogP contribution in [0, 0.1) is 5.92 Å². The third-order valence-corrected chi connectivity index (χ3v) is 5.86. The Labute approximate surface area is 183 Å². The van der Waals surface area contributed by atoms with E-state index in [0.29, 0.717) is 12.5 Å². The molecule has 2 aromatic rings. The molecular weight excluding hydrogens is 392 g/mol. The molecule has 2 atom stereocenters. The molecule has 1 aliphatic heterocycles. The largest absolute Gasteiger partial charge is 0.455 e. The Morgan fingerprint density at radius 3 is 2.52 bits per heavy atom. The number of nitrogens with zero attached hydrogens (tertiary/aromatic N) is 2. The van der Waals surface area contributed by atoms with Gasteiger partial charge in [-0.15, -0.1) is 0 Å². The van der Waals surface area contributed by atoms with E-state index in [1.54, 1.807) is 11.9 Å². The van der Waals surface area contributed by atoms with Gasteiger partial charge in [0, 0.05) is 32.2 Å². The molecule has 2 amide bonds. The van der Waals surface area contributed by atoms with Crippen LogP contribution in [-0.2, 0) is 25.7 Å². The molecule has 0 spiro atoms. The van der Waals surface area contributed by atoms with Gasteiger partial charge in [-0.05, 0) is 29.5 Å². The first-order chi connectivity index (χ1) is 14.9. The molecule has 1 heterocycles. The monoisotopic (exact) mass is 422 g/mol. The molecule has 164 valence electrons. The summed E-state index contributed by atoms with van der Waals surface area (Å²) in [5, 5.41) is 0. The standard InChI is InChI=1S/C25H30N2O4/c1-4-18(2)21-12-8-9-13-22(21)27-16-20(14-23(27)28)25(30)31-17-24(29)26(3)15-19-10-6-5-7-11-19/h5-13,18,20H,4,14-17H2,1-3H3/t18-,20-/m1/s1. The van der Waals surface area contributed by atoms with Crippen molar-refractivity contribution in [3.63, 3.8) is 0 Å². The first kappa shape index (κ1) is 22.5. The minimum Gasteiger partial charge on any atom is -0.455 e. The highest BCUT2D eigenvalue weighted by Gasteiger charge is 2.37. The fourth-order valence-electron chi connectivity index (χ4n) is 3.77. The zero-order chi connectivity index (χ0) is 22.4. The normalized spacial score (nSPS) is 16.8. The lowest BCUT2D eigenvalue weighted by Gasteiger charge is -2.23. The summed E-state index contributed by atoms with van der Waals surface area (Å²) in [4.78, 5) is 40.7. The fraction of sp³-hybridized carbons (Fsp3) is 0.400. The van der Waals surface area contributed by atoms with Gasteiger partial charge < -0.3 is 14.5 Å². The zero-order valence-corrected chi connectivity index (χ0v) is 18.4. The van der Waals surface area contributed by atoms with Crippen molar-refractivity contribution in [1.82, 2.24) is 4.90 Å². The number of benzene rings is 2. The average Bonchev–Trinajstić information content (AvgIpc) is 3.18. The number of hydrogen-bond donors (Lipinski definition) is 0. The number of anilines is 1. The number of para-hydroxylation sites is 1. The molecule has 6 heteroatoms. The van der Waals surface area contributed by atoms with Gasteiger partial charge in [-0.2, -0.15) is 0 Å². The Hall–Kier alpha value is -3.15. The minimum atomic E-state index is -0.565. The van der Waals surface area contributed by atoms with Crippen LogP contribution < -0.4 is 4.90 Å². The van der Waals surface area contributed by atoms with Crippen molar-refractivity contribution in [2.75, 3.05) is 25.1 Å². The van der Waals surface area contributed by atoms with E-state index in [1.807, 2.05) is 54.6 Å². The van der Waals surface area contributed by atoms with E-state index in [1.165, 1.54) is 4.90 Å². The summed E-state index contributed by atoms with van der Waals surface area (Å²) in [5.74, 6) is -1.12. The average molecular weight is 423 g/mol. The molecule has 1 fully saturated rings. The number of ether oxygens (including phenoxy) is 1. The molecule has 0 N–H and O–H groups in total. The summed E-state index contributed by atoms with van der Waals surface area (Å²) in [6, 6.07) is 17.4. The lowest BCUT2D eigenvalue weighted by atomic mass is 9.96. The van der Waals surface area contributed by atoms with Crippen molar-refractivity contribution < 1.29 is 19.1 Å². The molecule has 2 aromatic carbocycles. The van der Waals surface area contributed by atoms with Crippen molar-refractivity contribution in [2.24, 2.45) is 5.92 Å². The summed E-state index contributed by atoms with van der Waals surface area (Å²) in [6.07, 6.45) is 1.06. The fourth-order valence-corrected chi connectivity index (χ4v) is 3.77. The van der Waals surface area contributed by atoms with Crippen LogP contribution in [-0.4, -0.2) is 42.9 Å². The number of rotatable bonds is 8. The highest BCUT2D eigenvalue weighted by atomic mass is 16.5. The second-order valence-electron chi connectivity index (χ2n) is 8.12. The highest BCUT2D eigenvalue weighted by molar-refractivity contribution is 6.00. The third-order valence-electron chi connectivity index (χ3n) is 5.86. The second kappa shape index (κ2) is 10.2. The van der Waals surface area contributed by atoms with E-state index in [0.717, 1.165) is 23.2 Å². The van der Waals surface area contributed by atoms with Gasteiger partial charge in [-0.1, -0.05) is 62.4 Å². The van der Waals surface area contributed by atoms with Crippen LogP contribution in [0.5, 0.6) is 0 Å². The van der Waals surface area contributed by atoms with Gasteiger partial charge in [-0.25, -0.2) is 0 Å². The van der Waals surface area contributed by atoms with E-state index in [9.17, 15) is 14.4 Å². The Bertz CT molecular complexity index is 928. The maximum atomic E-state index is 12.6. The maximum absolute atomic E-state index is 12.6. The number of esters is 1. The van der Waals surface area contributed by atoms with Gasteiger partial charge in [0.15, 0.2) is 6.61 Å². The van der Waals surface area contributed by atoms with Gasteiger partial charge in [0.25, 0.3) is 5.91 Å². The van der Waals surface area contributed by atoms with E-state index in [4.69, 9.17) is 4.74 Å². The Morgan fingerprint density at radius 1 is 1.13 bits per heavy atom. The molecule has 1 aliphatic rings. The van der Waals surface area contributed by atoms with Crippen LogP contribution >= 0.6 is 0 Å². The predicted molar refractivity (Wildman–Crippen MR) is 119 cm³/mol. The second-order valence-corrected chi connectivity index (χ2v) is 8.12. The van der Waals surface area contributed by atoms with E-state index in [2.05, 4.69) is 13.8 Å². The van der Waals surface area contributed by atoms with Crippen molar-refractivity contribution >= 4 is 23.5 Å². The van der Waals surface area contributed by atoms with Gasteiger partial charge in [-0.3, -0.25) is 14.4 Å². The Morgan fingerprint density at radius 2 is 1.81 bits per heavy atom. The van der Waals surface area contributed by atoms with Gasteiger partial charge >= 0.3 is 5.97 Å². The summed E-state index contributed by atoms with van der Waals surface area (Å²) < 4.78 is 5.27. The molecule has 0 saturated carbocycles. The zero-order valence-electron chi connectivity index (χ0n) is 18.4. The Balaban J connectivity index is 1.57. The van der Waals surface area contributed by atoms with E-state index in [-0.39, 0.29) is 31.4 Å². The molecule has 0 bridgehead atoms. The smallest absolute Gasteiger partial charge is 0.311 e. The molecule has 6 nitrogen and oxygen atoms in total. The molecule has 0 unspecified atom stereocenters. The van der Waals surface area contributed by atoms with Gasteiger partial charge in [0.2, 0.25) is 5.91 Å². The van der Waals surface area contributed by atoms with E-state index >= 15 is 0 Å². The first-order valence-corrected chi connectivity index (χ1v) is 10.7. The lowest BCUT2D eigenvalue weighted by molar-refractivity contribution is -0.155. The summed E-state index contributed by atoms with van der Waals surface area (Å²) in [7, 11) is 1.68. The first-order valence-electron chi connectivity index (χ1n) is 10.7. The van der Waals surface area contributed by atoms with Crippen LogP contribution in [0.1, 0.15) is 43.7 Å². The van der Waals surface area contributed by atoms with Crippen molar-refractivity contribution in [1.29, 1.82) is 0 Å². The number of hydrogen-bond acceptors (Lipinski definition) is 4. The van der Waals surface area contributed by atoms with Crippen molar-refractivity contribution in [2.45, 2.75) is 39.2 Å². The van der Waals surface area contributed by atoms with Crippen molar-refractivity contribution in [3.05, 3.63) is 65.7 Å². The van der Waals surface area contributed by atoms with Crippen LogP contribution in [0.15, 0.2) is 54.6 Å². The summed E-state index contributed by atoms with van der Waals surface area (Å²) >= 11 is 0. The maximum Gasteiger partial charge on any atom is 0.311 e. The third kappa shape index (κ3) is 5.51. The molecular formula is C25H30N2O4. The van der Waals surface area contributed by atoms with Crippen molar-refractivity contribution in [3.8, 4) is 0 Å². The molecule has 0 radical (unpaired) electrons. The SMILES string of the molecule is CC[C@@H](C)c1ccccc1N1C[C@H](C(=O)OCC(=O)N(C)Cc2ccccc2)CC1=O. The Kier molecular flexibility index (Phi) is 7.45. The van der Waals surface area contributed by atoms with E-state index < -0.39 is 11.9 Å². The topological polar surface area (TPSA) is 66.9 Å². The summed E-state index contributed by atoms with van der Waals surface area (Å²) in [6.45, 7) is 4.64. The molecule has 31 heavy (non-hydrogen) atoms. The molecule has 0 aromatic heterocycles. The molecule has 3 rings (SSSR count).